The van der Waals surface area contributed by atoms with E-state index < -0.39 is 7.26 Å². The van der Waals surface area contributed by atoms with Crippen LogP contribution < -0.4 is 10.6 Å². The molecule has 0 saturated heterocycles. The SMILES string of the molecule is C/C=C\C=C(/C)[P+](COC)(c1ccccc1)c1ccccc1. The first-order chi connectivity index (χ1) is 10.8. The van der Waals surface area contributed by atoms with Crippen molar-refractivity contribution in [3.05, 3.63) is 84.2 Å². The average molecular weight is 311 g/mol. The molecule has 2 aromatic carbocycles. The first kappa shape index (κ1) is 16.7. The van der Waals surface area contributed by atoms with Crippen molar-refractivity contribution in [2.24, 2.45) is 0 Å². The molecule has 0 aromatic heterocycles. The molecule has 2 rings (SSSR count). The highest BCUT2D eigenvalue weighted by molar-refractivity contribution is 7.92. The summed E-state index contributed by atoms with van der Waals surface area (Å²) in [5.74, 6) is 0. The molecule has 0 unspecified atom stereocenters. The Morgan fingerprint density at radius 3 is 1.86 bits per heavy atom. The van der Waals surface area contributed by atoms with Crippen LogP contribution in [0.2, 0.25) is 0 Å². The molecule has 0 spiro atoms. The van der Waals surface area contributed by atoms with Gasteiger partial charge < -0.3 is 4.74 Å². The fraction of sp³-hybridized carbons (Fsp3) is 0.200. The van der Waals surface area contributed by atoms with Crippen LogP contribution in [-0.4, -0.2) is 13.5 Å². The molecule has 0 aliphatic heterocycles. The minimum absolute atomic E-state index is 0.723. The fourth-order valence-corrected chi connectivity index (χ4v) is 6.43. The van der Waals surface area contributed by atoms with Gasteiger partial charge in [0.1, 0.15) is 17.9 Å². The second-order valence-electron chi connectivity index (χ2n) is 5.23. The van der Waals surface area contributed by atoms with Crippen LogP contribution in [0.15, 0.2) is 84.2 Å². The summed E-state index contributed by atoms with van der Waals surface area (Å²) >= 11 is 0. The highest BCUT2D eigenvalue weighted by atomic mass is 31.2. The molecule has 0 N–H and O–H groups in total. The third-order valence-corrected chi connectivity index (χ3v) is 8.21. The predicted molar refractivity (Wildman–Crippen MR) is 99.5 cm³/mol. The number of methoxy groups -OCH3 is 1. The first-order valence-corrected chi connectivity index (χ1v) is 9.51. The van der Waals surface area contributed by atoms with E-state index in [1.165, 1.54) is 15.9 Å². The molecule has 0 atom stereocenters. The zero-order valence-corrected chi connectivity index (χ0v) is 14.5. The lowest BCUT2D eigenvalue weighted by atomic mass is 10.4. The minimum Gasteiger partial charge on any atom is -0.348 e. The van der Waals surface area contributed by atoms with Gasteiger partial charge in [0.15, 0.2) is 6.35 Å². The van der Waals surface area contributed by atoms with E-state index in [0.29, 0.717) is 0 Å². The molecule has 0 radical (unpaired) electrons. The van der Waals surface area contributed by atoms with Crippen LogP contribution in [0.1, 0.15) is 13.8 Å². The number of hydrogen-bond acceptors (Lipinski definition) is 1. The summed E-state index contributed by atoms with van der Waals surface area (Å²) in [4.78, 5) is 0. The molecule has 22 heavy (non-hydrogen) atoms. The number of rotatable bonds is 6. The van der Waals surface area contributed by atoms with Gasteiger partial charge in [0, 0.05) is 7.11 Å². The normalized spacial score (nSPS) is 12.8. The Morgan fingerprint density at radius 1 is 0.955 bits per heavy atom. The lowest BCUT2D eigenvalue weighted by Gasteiger charge is -2.27. The van der Waals surface area contributed by atoms with Crippen LogP contribution in [0.3, 0.4) is 0 Å². The number of allylic oxidation sites excluding steroid dienone is 4. The van der Waals surface area contributed by atoms with Crippen LogP contribution in [0.4, 0.5) is 0 Å². The van der Waals surface area contributed by atoms with Crippen LogP contribution in [-0.2, 0) is 4.74 Å². The summed E-state index contributed by atoms with van der Waals surface area (Å²) in [5.41, 5.74) is 0. The summed E-state index contributed by atoms with van der Waals surface area (Å²) < 4.78 is 5.70. The molecule has 0 aliphatic rings. The van der Waals surface area contributed by atoms with E-state index in [-0.39, 0.29) is 0 Å². The van der Waals surface area contributed by atoms with E-state index in [1.807, 2.05) is 6.92 Å². The topological polar surface area (TPSA) is 9.23 Å². The highest BCUT2D eigenvalue weighted by Crippen LogP contribution is 2.63. The van der Waals surface area contributed by atoms with E-state index >= 15 is 0 Å². The van der Waals surface area contributed by atoms with Crippen molar-refractivity contribution in [1.29, 1.82) is 0 Å². The molecular formula is C20H24OP+. The van der Waals surface area contributed by atoms with E-state index in [4.69, 9.17) is 4.74 Å². The summed E-state index contributed by atoms with van der Waals surface area (Å²) in [6.45, 7) is 4.28. The first-order valence-electron chi connectivity index (χ1n) is 7.54. The lowest BCUT2D eigenvalue weighted by Crippen LogP contribution is -2.26. The molecular weight excluding hydrogens is 287 g/mol. The average Bonchev–Trinajstić information content (AvgIpc) is 2.59. The molecule has 0 fully saturated rings. The molecule has 2 heteroatoms. The summed E-state index contributed by atoms with van der Waals surface area (Å²) in [6.07, 6.45) is 7.14. The highest BCUT2D eigenvalue weighted by Gasteiger charge is 2.45. The monoisotopic (exact) mass is 311 g/mol. The number of hydrogen-bond donors (Lipinski definition) is 0. The van der Waals surface area contributed by atoms with Crippen LogP contribution in [0.5, 0.6) is 0 Å². The molecule has 0 bridgehead atoms. The van der Waals surface area contributed by atoms with Gasteiger partial charge in [-0.2, -0.15) is 0 Å². The smallest absolute Gasteiger partial charge is 0.170 e. The van der Waals surface area contributed by atoms with Crippen LogP contribution in [0.25, 0.3) is 0 Å². The summed E-state index contributed by atoms with van der Waals surface area (Å²) in [7, 11) is 0.0612. The summed E-state index contributed by atoms with van der Waals surface area (Å²) in [5, 5.41) is 4.10. The van der Waals surface area contributed by atoms with Crippen LogP contribution >= 0.6 is 7.26 Å². The predicted octanol–water partition coefficient (Wildman–Crippen LogP) is 4.74. The maximum atomic E-state index is 5.70. The van der Waals surface area contributed by atoms with Gasteiger partial charge in [0.25, 0.3) is 0 Å². The number of ether oxygens (including phenoxy) is 1. The molecule has 114 valence electrons. The van der Waals surface area contributed by atoms with Gasteiger partial charge >= 0.3 is 0 Å². The van der Waals surface area contributed by atoms with Gasteiger partial charge in [-0.3, -0.25) is 0 Å². The summed E-state index contributed by atoms with van der Waals surface area (Å²) in [6, 6.07) is 21.5. The molecule has 0 heterocycles. The van der Waals surface area contributed by atoms with Crippen molar-refractivity contribution in [3.8, 4) is 0 Å². The van der Waals surface area contributed by atoms with Crippen molar-refractivity contribution < 1.29 is 4.74 Å². The molecule has 0 aliphatic carbocycles. The second-order valence-corrected chi connectivity index (χ2v) is 8.85. The second kappa shape index (κ2) is 8.08. The maximum absolute atomic E-state index is 5.70. The maximum Gasteiger partial charge on any atom is 0.170 e. The van der Waals surface area contributed by atoms with Gasteiger partial charge in [0.05, 0.1) is 5.31 Å². The quantitative estimate of drug-likeness (QED) is 0.553. The van der Waals surface area contributed by atoms with Crippen LogP contribution in [0, 0.1) is 0 Å². The van der Waals surface area contributed by atoms with E-state index in [9.17, 15) is 0 Å². The Hall–Kier alpha value is -1.69. The van der Waals surface area contributed by atoms with Gasteiger partial charge in [0.2, 0.25) is 0 Å². The largest absolute Gasteiger partial charge is 0.348 e. The third kappa shape index (κ3) is 3.38. The minimum atomic E-state index is -1.73. The van der Waals surface area contributed by atoms with Gasteiger partial charge in [-0.25, -0.2) is 0 Å². The van der Waals surface area contributed by atoms with E-state index in [2.05, 4.69) is 85.8 Å². The van der Waals surface area contributed by atoms with Crippen molar-refractivity contribution in [3.63, 3.8) is 0 Å². The fourth-order valence-electron chi connectivity index (χ4n) is 2.73. The third-order valence-electron chi connectivity index (χ3n) is 3.85. The van der Waals surface area contributed by atoms with Gasteiger partial charge in [-0.05, 0) is 44.2 Å². The van der Waals surface area contributed by atoms with Crippen molar-refractivity contribution >= 4 is 17.9 Å². The Bertz CT molecular complexity index is 590. The van der Waals surface area contributed by atoms with E-state index in [1.54, 1.807) is 7.11 Å². The zero-order valence-electron chi connectivity index (χ0n) is 13.6. The van der Waals surface area contributed by atoms with Gasteiger partial charge in [-0.1, -0.05) is 48.6 Å². The van der Waals surface area contributed by atoms with E-state index in [0.717, 1.165) is 6.35 Å². The zero-order chi connectivity index (χ0) is 15.8. The molecule has 0 saturated carbocycles. The molecule has 0 amide bonds. The van der Waals surface area contributed by atoms with Crippen molar-refractivity contribution in [2.45, 2.75) is 13.8 Å². The standard InChI is InChI=1S/C20H24OP/c1-4-5-12-18(2)22(17-21-3,19-13-8-6-9-14-19)20-15-10-7-11-16-20/h4-16H,17H2,1-3H3/q+1/b5-4-,18-12+. The Labute approximate surface area is 134 Å². The van der Waals surface area contributed by atoms with Crippen molar-refractivity contribution in [2.75, 3.05) is 13.5 Å². The van der Waals surface area contributed by atoms with Gasteiger partial charge in [-0.15, -0.1) is 0 Å². The molecule has 1 nitrogen and oxygen atoms in total. The molecule has 2 aromatic rings. The Kier molecular flexibility index (Phi) is 6.12. The lowest BCUT2D eigenvalue weighted by molar-refractivity contribution is 0.255. The number of benzene rings is 2. The van der Waals surface area contributed by atoms with Crippen molar-refractivity contribution in [1.82, 2.24) is 0 Å². The Balaban J connectivity index is 2.70. The Morgan fingerprint density at radius 2 is 1.45 bits per heavy atom.